The molecular weight excluding hydrogens is 538 g/mol. The first-order valence-corrected chi connectivity index (χ1v) is 14.9. The molecule has 0 saturated carbocycles. The average molecular weight is 568 g/mol. The third-order valence-corrected chi connectivity index (χ3v) is 9.02. The first-order valence-electron chi connectivity index (χ1n) is 12.6. The third kappa shape index (κ3) is 6.00. The van der Waals surface area contributed by atoms with Crippen LogP contribution in [-0.2, 0) is 39.3 Å². The number of carbonyl (C=O) groups is 1. The van der Waals surface area contributed by atoms with E-state index < -0.39 is 22.7 Å². The van der Waals surface area contributed by atoms with Gasteiger partial charge in [0.1, 0.15) is 30.4 Å². The molecule has 0 aliphatic carbocycles. The number of anilines is 1. The standard InChI is InChI=1S/C28H29N3O6S2/c1-3-35-27(32)18-30(39(33,34)31-14-13-22-9-4-5-11-25(22)31)17-21-8-6-10-23(16-21)36-19-24-20(2)37-28(29-24)26-12-7-15-38-26/h4-12,15-16H,3,13-14,17-19H2,1-2H3. The van der Waals surface area contributed by atoms with Crippen LogP contribution in [-0.4, -0.2) is 43.4 Å². The smallest absolute Gasteiger partial charge is 0.321 e. The Kier molecular flexibility index (Phi) is 8.01. The van der Waals surface area contributed by atoms with Gasteiger partial charge in [0.25, 0.3) is 0 Å². The van der Waals surface area contributed by atoms with E-state index in [1.807, 2.05) is 42.6 Å². The number of para-hydroxylation sites is 1. The molecule has 0 unspecified atom stereocenters. The summed E-state index contributed by atoms with van der Waals surface area (Å²) < 4.78 is 46.9. The fourth-order valence-corrected chi connectivity index (χ4v) is 6.67. The Bertz CT molecular complexity index is 1550. The number of oxazole rings is 1. The van der Waals surface area contributed by atoms with Gasteiger partial charge in [-0.1, -0.05) is 36.4 Å². The molecule has 0 atom stereocenters. The van der Waals surface area contributed by atoms with Gasteiger partial charge < -0.3 is 13.9 Å². The Labute approximate surface area is 231 Å². The number of rotatable bonds is 11. The maximum atomic E-state index is 13.8. The predicted molar refractivity (Wildman–Crippen MR) is 149 cm³/mol. The molecule has 1 aliphatic heterocycles. The molecule has 3 heterocycles. The van der Waals surface area contributed by atoms with Crippen LogP contribution >= 0.6 is 11.3 Å². The number of aromatic nitrogens is 1. The Morgan fingerprint density at radius 3 is 2.79 bits per heavy atom. The van der Waals surface area contributed by atoms with Gasteiger partial charge in [0, 0.05) is 13.1 Å². The van der Waals surface area contributed by atoms with Crippen molar-refractivity contribution in [3.63, 3.8) is 0 Å². The minimum absolute atomic E-state index is 0.0253. The van der Waals surface area contributed by atoms with E-state index in [-0.39, 0.29) is 19.8 Å². The van der Waals surface area contributed by atoms with Crippen LogP contribution in [0, 0.1) is 6.92 Å². The van der Waals surface area contributed by atoms with Crippen LogP contribution in [0.15, 0.2) is 70.5 Å². The molecule has 0 amide bonds. The molecule has 0 bridgehead atoms. The van der Waals surface area contributed by atoms with Gasteiger partial charge >= 0.3 is 16.2 Å². The normalized spacial score (nSPS) is 13.1. The number of aryl methyl sites for hydroxylation is 1. The van der Waals surface area contributed by atoms with E-state index in [1.54, 1.807) is 48.6 Å². The lowest BCUT2D eigenvalue weighted by Gasteiger charge is -2.28. The van der Waals surface area contributed by atoms with Gasteiger partial charge in [-0.3, -0.25) is 9.10 Å². The van der Waals surface area contributed by atoms with E-state index in [1.165, 1.54) is 4.31 Å². The molecule has 11 heteroatoms. The van der Waals surface area contributed by atoms with Crippen LogP contribution in [0.4, 0.5) is 5.69 Å². The summed E-state index contributed by atoms with van der Waals surface area (Å²) in [5, 5.41) is 1.96. The van der Waals surface area contributed by atoms with Crippen LogP contribution in [0.1, 0.15) is 29.5 Å². The largest absolute Gasteiger partial charge is 0.487 e. The molecule has 9 nitrogen and oxygen atoms in total. The van der Waals surface area contributed by atoms with Gasteiger partial charge in [-0.25, -0.2) is 4.98 Å². The molecule has 5 rings (SSSR count). The summed E-state index contributed by atoms with van der Waals surface area (Å²) in [5.41, 5.74) is 2.94. The van der Waals surface area contributed by atoms with Crippen molar-refractivity contribution in [1.29, 1.82) is 0 Å². The van der Waals surface area contributed by atoms with Crippen molar-refractivity contribution in [2.24, 2.45) is 0 Å². The summed E-state index contributed by atoms with van der Waals surface area (Å²) in [4.78, 5) is 17.9. The molecule has 4 aromatic rings. The van der Waals surface area contributed by atoms with E-state index in [9.17, 15) is 13.2 Å². The second kappa shape index (κ2) is 11.6. The van der Waals surface area contributed by atoms with E-state index in [0.717, 1.165) is 14.7 Å². The fourth-order valence-electron chi connectivity index (χ4n) is 4.41. The number of nitrogens with zero attached hydrogens (tertiary/aromatic N) is 3. The highest BCUT2D eigenvalue weighted by Crippen LogP contribution is 2.32. The van der Waals surface area contributed by atoms with E-state index in [2.05, 4.69) is 4.98 Å². The van der Waals surface area contributed by atoms with E-state index in [0.29, 0.717) is 47.3 Å². The summed E-state index contributed by atoms with van der Waals surface area (Å²) in [7, 11) is -4.01. The zero-order chi connectivity index (χ0) is 27.4. The van der Waals surface area contributed by atoms with Crippen molar-refractivity contribution in [3.8, 4) is 16.5 Å². The molecule has 0 spiro atoms. The van der Waals surface area contributed by atoms with Crippen molar-refractivity contribution in [3.05, 3.63) is 88.6 Å². The van der Waals surface area contributed by atoms with Crippen LogP contribution in [0.5, 0.6) is 5.75 Å². The number of esters is 1. The molecule has 0 radical (unpaired) electrons. The number of carbonyl (C=O) groups excluding carboxylic acids is 1. The van der Waals surface area contributed by atoms with Crippen molar-refractivity contribution in [1.82, 2.24) is 9.29 Å². The van der Waals surface area contributed by atoms with E-state index >= 15 is 0 Å². The van der Waals surface area contributed by atoms with Gasteiger partial charge in [-0.05, 0) is 61.0 Å². The summed E-state index contributed by atoms with van der Waals surface area (Å²) in [6.45, 7) is 3.78. The first-order chi connectivity index (χ1) is 18.8. The van der Waals surface area contributed by atoms with Gasteiger partial charge in [0.2, 0.25) is 5.89 Å². The second-order valence-corrected chi connectivity index (χ2v) is 11.8. The van der Waals surface area contributed by atoms with Gasteiger partial charge in [0.15, 0.2) is 0 Å². The Hall–Kier alpha value is -3.67. The molecule has 0 fully saturated rings. The fraction of sp³-hybridized carbons (Fsp3) is 0.286. The number of hydrogen-bond donors (Lipinski definition) is 0. The quantitative estimate of drug-likeness (QED) is 0.236. The monoisotopic (exact) mass is 567 g/mol. The van der Waals surface area contributed by atoms with Crippen molar-refractivity contribution < 1.29 is 27.1 Å². The lowest BCUT2D eigenvalue weighted by molar-refractivity contribution is -0.143. The summed E-state index contributed by atoms with van der Waals surface area (Å²) in [5.74, 6) is 1.17. The molecule has 1 aliphatic rings. The Morgan fingerprint density at radius 1 is 1.15 bits per heavy atom. The van der Waals surface area contributed by atoms with Crippen molar-refractivity contribution in [2.45, 2.75) is 33.4 Å². The van der Waals surface area contributed by atoms with Gasteiger partial charge in [0.05, 0.1) is 17.2 Å². The topological polar surface area (TPSA) is 102 Å². The van der Waals surface area contributed by atoms with Crippen LogP contribution < -0.4 is 9.04 Å². The number of benzene rings is 2. The molecule has 2 aromatic carbocycles. The Morgan fingerprint density at radius 2 is 2.00 bits per heavy atom. The summed E-state index contributed by atoms with van der Waals surface area (Å²) in [6.07, 6.45) is 0.613. The predicted octanol–water partition coefficient (Wildman–Crippen LogP) is 4.96. The minimum atomic E-state index is -4.01. The molecule has 204 valence electrons. The molecular formula is C28H29N3O6S2. The van der Waals surface area contributed by atoms with Crippen LogP contribution in [0.25, 0.3) is 10.8 Å². The summed E-state index contributed by atoms with van der Waals surface area (Å²) in [6, 6.07) is 18.4. The van der Waals surface area contributed by atoms with E-state index in [4.69, 9.17) is 13.9 Å². The zero-order valence-corrected chi connectivity index (χ0v) is 23.3. The zero-order valence-electron chi connectivity index (χ0n) is 21.7. The highest BCUT2D eigenvalue weighted by atomic mass is 32.2. The average Bonchev–Trinajstić information content (AvgIpc) is 3.67. The highest BCUT2D eigenvalue weighted by molar-refractivity contribution is 7.90. The summed E-state index contributed by atoms with van der Waals surface area (Å²) >= 11 is 1.55. The third-order valence-electron chi connectivity index (χ3n) is 6.32. The SMILES string of the molecule is CCOC(=O)CN(Cc1cccc(OCc2nc(-c3cccs3)oc2C)c1)S(=O)(=O)N1CCc2ccccc21. The first kappa shape index (κ1) is 26.9. The van der Waals surface area contributed by atoms with Crippen molar-refractivity contribution >= 4 is 33.2 Å². The second-order valence-electron chi connectivity index (χ2n) is 8.97. The number of hydrogen-bond acceptors (Lipinski definition) is 8. The number of ether oxygens (including phenoxy) is 2. The van der Waals surface area contributed by atoms with Crippen LogP contribution in [0.2, 0.25) is 0 Å². The molecule has 0 saturated heterocycles. The van der Waals surface area contributed by atoms with Crippen molar-refractivity contribution in [2.75, 3.05) is 24.0 Å². The van der Waals surface area contributed by atoms with Gasteiger partial charge in [-0.15, -0.1) is 11.3 Å². The number of fused-ring (bicyclic) bond motifs is 1. The van der Waals surface area contributed by atoms with Crippen LogP contribution in [0.3, 0.4) is 0 Å². The maximum Gasteiger partial charge on any atom is 0.321 e. The molecule has 0 N–H and O–H groups in total. The molecule has 2 aromatic heterocycles. The van der Waals surface area contributed by atoms with Gasteiger partial charge in [-0.2, -0.15) is 12.7 Å². The lowest BCUT2D eigenvalue weighted by atomic mass is 10.2. The number of thiophene rings is 1. The maximum absolute atomic E-state index is 13.8. The lowest BCUT2D eigenvalue weighted by Crippen LogP contribution is -2.45. The molecule has 39 heavy (non-hydrogen) atoms. The Balaban J connectivity index is 1.33. The highest BCUT2D eigenvalue weighted by Gasteiger charge is 2.35. The minimum Gasteiger partial charge on any atom is -0.487 e.